The number of benzene rings is 1. The Kier molecular flexibility index (Phi) is 5.36. The summed E-state index contributed by atoms with van der Waals surface area (Å²) in [4.78, 5) is 23.5. The van der Waals surface area contributed by atoms with Gasteiger partial charge in [-0.15, -0.1) is 0 Å². The Morgan fingerprint density at radius 2 is 2.24 bits per heavy atom. The second-order valence-corrected chi connectivity index (χ2v) is 6.21. The maximum Gasteiger partial charge on any atom is 0.337 e. The van der Waals surface area contributed by atoms with Gasteiger partial charge in [0.2, 0.25) is 5.91 Å². The van der Waals surface area contributed by atoms with Gasteiger partial charge in [-0.25, -0.2) is 4.79 Å². The molecule has 1 fully saturated rings. The minimum absolute atomic E-state index is 0.0920. The number of nitrogens with one attached hydrogen (secondary N) is 2. The molecule has 0 radical (unpaired) electrons. The number of halogens is 1. The molecule has 0 spiro atoms. The van der Waals surface area contributed by atoms with E-state index in [1.54, 1.807) is 12.1 Å². The molecule has 1 aliphatic rings. The molecule has 0 bridgehead atoms. The smallest absolute Gasteiger partial charge is 0.337 e. The molecule has 2 rings (SSSR count). The number of amides is 1. The number of rotatable bonds is 4. The summed E-state index contributed by atoms with van der Waals surface area (Å²) < 4.78 is 0.728. The normalized spacial score (nSPS) is 21.8. The van der Waals surface area contributed by atoms with Crippen molar-refractivity contribution >= 4 is 33.5 Å². The average Bonchev–Trinajstić information content (AvgIpc) is 2.47. The topological polar surface area (TPSA) is 78.4 Å². The fourth-order valence-electron chi connectivity index (χ4n) is 2.59. The monoisotopic (exact) mass is 354 g/mol. The Bertz CT molecular complexity index is 548. The number of carboxylic acids is 1. The molecule has 1 aromatic rings. The average molecular weight is 355 g/mol. The van der Waals surface area contributed by atoms with Gasteiger partial charge in [0.25, 0.3) is 0 Å². The van der Waals surface area contributed by atoms with Crippen molar-refractivity contribution in [2.24, 2.45) is 5.92 Å². The SMILES string of the molecule is CCC1CCNC(C(=O)Nc2cc(Br)ccc2C(=O)O)C1. The number of aromatic carboxylic acids is 1. The van der Waals surface area contributed by atoms with Crippen LogP contribution in [0.2, 0.25) is 0 Å². The first-order chi connectivity index (χ1) is 10.0. The zero-order chi connectivity index (χ0) is 15.4. The van der Waals surface area contributed by atoms with Crippen LogP contribution in [0.15, 0.2) is 22.7 Å². The fourth-order valence-corrected chi connectivity index (χ4v) is 2.95. The number of hydrogen-bond donors (Lipinski definition) is 3. The summed E-state index contributed by atoms with van der Waals surface area (Å²) in [5, 5.41) is 15.1. The molecule has 0 aliphatic carbocycles. The van der Waals surface area contributed by atoms with Crippen molar-refractivity contribution in [1.82, 2.24) is 5.32 Å². The Hall–Kier alpha value is -1.40. The zero-order valence-corrected chi connectivity index (χ0v) is 13.4. The fraction of sp³-hybridized carbons (Fsp3) is 0.467. The third kappa shape index (κ3) is 4.04. The quantitative estimate of drug-likeness (QED) is 0.776. The van der Waals surface area contributed by atoms with Gasteiger partial charge in [0.15, 0.2) is 0 Å². The van der Waals surface area contributed by atoms with Crippen molar-refractivity contribution in [3.8, 4) is 0 Å². The maximum absolute atomic E-state index is 12.3. The third-order valence-corrected chi connectivity index (χ3v) is 4.37. The van der Waals surface area contributed by atoms with Crippen LogP contribution >= 0.6 is 15.9 Å². The van der Waals surface area contributed by atoms with Gasteiger partial charge in [-0.1, -0.05) is 29.3 Å². The second kappa shape index (κ2) is 7.04. The molecule has 1 amide bonds. The van der Waals surface area contributed by atoms with Gasteiger partial charge in [0.1, 0.15) is 0 Å². The number of carboxylic acid groups (broad SMARTS) is 1. The summed E-state index contributed by atoms with van der Waals surface area (Å²) in [6, 6.07) is 4.47. The van der Waals surface area contributed by atoms with Crippen LogP contribution in [0.25, 0.3) is 0 Å². The van der Waals surface area contributed by atoms with Crippen molar-refractivity contribution in [1.29, 1.82) is 0 Å². The van der Waals surface area contributed by atoms with E-state index in [0.29, 0.717) is 11.6 Å². The van der Waals surface area contributed by atoms with Gasteiger partial charge >= 0.3 is 5.97 Å². The first kappa shape index (κ1) is 16.0. The minimum Gasteiger partial charge on any atom is -0.478 e. The molecule has 2 atom stereocenters. The Balaban J connectivity index is 2.12. The Labute approximate surface area is 132 Å². The van der Waals surface area contributed by atoms with E-state index in [1.807, 2.05) is 0 Å². The zero-order valence-electron chi connectivity index (χ0n) is 11.9. The largest absolute Gasteiger partial charge is 0.478 e. The third-order valence-electron chi connectivity index (χ3n) is 3.88. The number of carbonyl (C=O) groups excluding carboxylic acids is 1. The van der Waals surface area contributed by atoms with Crippen LogP contribution in [0.1, 0.15) is 36.5 Å². The molecule has 0 aromatic heterocycles. The first-order valence-electron chi connectivity index (χ1n) is 7.08. The minimum atomic E-state index is -1.05. The van der Waals surface area contributed by atoms with Crippen LogP contribution in [0.3, 0.4) is 0 Å². The molecule has 2 unspecified atom stereocenters. The van der Waals surface area contributed by atoms with Crippen LogP contribution in [0.4, 0.5) is 5.69 Å². The van der Waals surface area contributed by atoms with Crippen LogP contribution in [0.5, 0.6) is 0 Å². The van der Waals surface area contributed by atoms with E-state index in [1.165, 1.54) is 6.07 Å². The molecule has 114 valence electrons. The molecule has 1 saturated heterocycles. The summed E-state index contributed by atoms with van der Waals surface area (Å²) in [5.41, 5.74) is 0.414. The number of hydrogen-bond acceptors (Lipinski definition) is 3. The summed E-state index contributed by atoms with van der Waals surface area (Å²) in [5.74, 6) is -0.682. The van der Waals surface area contributed by atoms with E-state index in [4.69, 9.17) is 0 Å². The lowest BCUT2D eigenvalue weighted by molar-refractivity contribution is -0.119. The van der Waals surface area contributed by atoms with E-state index in [0.717, 1.165) is 30.3 Å². The van der Waals surface area contributed by atoms with Gasteiger partial charge in [-0.05, 0) is 43.5 Å². The van der Waals surface area contributed by atoms with Crippen molar-refractivity contribution in [3.05, 3.63) is 28.2 Å². The molecule has 1 heterocycles. The van der Waals surface area contributed by atoms with Crippen LogP contribution in [0, 0.1) is 5.92 Å². The second-order valence-electron chi connectivity index (χ2n) is 5.29. The molecule has 0 saturated carbocycles. The number of carbonyl (C=O) groups is 2. The molecular formula is C15H19BrN2O3. The number of piperidine rings is 1. The van der Waals surface area contributed by atoms with E-state index >= 15 is 0 Å². The predicted molar refractivity (Wildman–Crippen MR) is 84.5 cm³/mol. The lowest BCUT2D eigenvalue weighted by atomic mass is 9.90. The summed E-state index contributed by atoms with van der Waals surface area (Å²) in [6.45, 7) is 2.95. The van der Waals surface area contributed by atoms with E-state index in [2.05, 4.69) is 33.5 Å². The van der Waals surface area contributed by atoms with Crippen molar-refractivity contribution in [2.75, 3.05) is 11.9 Å². The molecule has 5 nitrogen and oxygen atoms in total. The Morgan fingerprint density at radius 3 is 2.90 bits per heavy atom. The summed E-state index contributed by atoms with van der Waals surface area (Å²) in [7, 11) is 0. The van der Waals surface area contributed by atoms with Crippen LogP contribution in [-0.4, -0.2) is 29.6 Å². The van der Waals surface area contributed by atoms with Gasteiger partial charge in [0.05, 0.1) is 17.3 Å². The summed E-state index contributed by atoms with van der Waals surface area (Å²) in [6.07, 6.45) is 2.93. The van der Waals surface area contributed by atoms with Crippen molar-refractivity contribution < 1.29 is 14.7 Å². The molecule has 6 heteroatoms. The lowest BCUT2D eigenvalue weighted by Crippen LogP contribution is -2.46. The maximum atomic E-state index is 12.3. The first-order valence-corrected chi connectivity index (χ1v) is 7.87. The van der Waals surface area contributed by atoms with Crippen LogP contribution in [-0.2, 0) is 4.79 Å². The lowest BCUT2D eigenvalue weighted by Gasteiger charge is -2.29. The predicted octanol–water partition coefficient (Wildman–Crippen LogP) is 2.86. The highest BCUT2D eigenvalue weighted by Gasteiger charge is 2.26. The molecule has 1 aromatic carbocycles. The van der Waals surface area contributed by atoms with Gasteiger partial charge in [-0.3, -0.25) is 4.79 Å². The Morgan fingerprint density at radius 1 is 1.48 bits per heavy atom. The molecule has 21 heavy (non-hydrogen) atoms. The molecular weight excluding hydrogens is 336 g/mol. The van der Waals surface area contributed by atoms with Crippen molar-refractivity contribution in [3.63, 3.8) is 0 Å². The van der Waals surface area contributed by atoms with Crippen molar-refractivity contribution in [2.45, 2.75) is 32.2 Å². The molecule has 3 N–H and O–H groups in total. The standard InChI is InChI=1S/C15H19BrN2O3/c1-2-9-5-6-17-13(7-9)14(19)18-12-8-10(16)3-4-11(12)15(20)21/h3-4,8-9,13,17H,2,5-7H2,1H3,(H,18,19)(H,20,21). The van der Waals surface area contributed by atoms with Gasteiger partial charge < -0.3 is 15.7 Å². The highest BCUT2D eigenvalue weighted by molar-refractivity contribution is 9.10. The molecule has 1 aliphatic heterocycles. The van der Waals surface area contributed by atoms with Gasteiger partial charge in [-0.2, -0.15) is 0 Å². The number of anilines is 1. The van der Waals surface area contributed by atoms with E-state index in [9.17, 15) is 14.7 Å². The summed E-state index contributed by atoms with van der Waals surface area (Å²) >= 11 is 3.29. The highest BCUT2D eigenvalue weighted by atomic mass is 79.9. The van der Waals surface area contributed by atoms with Gasteiger partial charge in [0, 0.05) is 4.47 Å². The van der Waals surface area contributed by atoms with E-state index < -0.39 is 5.97 Å². The highest BCUT2D eigenvalue weighted by Crippen LogP contribution is 2.24. The van der Waals surface area contributed by atoms with Crippen LogP contribution < -0.4 is 10.6 Å². The van der Waals surface area contributed by atoms with E-state index in [-0.39, 0.29) is 17.5 Å².